The number of amides is 2. The minimum atomic E-state index is -0.985. The highest BCUT2D eigenvalue weighted by Crippen LogP contribution is 2.33. The van der Waals surface area contributed by atoms with Gasteiger partial charge >= 0.3 is 12.1 Å². The summed E-state index contributed by atoms with van der Waals surface area (Å²) in [4.78, 5) is 36.1. The van der Waals surface area contributed by atoms with E-state index in [-0.39, 0.29) is 13.2 Å². The van der Waals surface area contributed by atoms with E-state index in [9.17, 15) is 19.5 Å². The van der Waals surface area contributed by atoms with Crippen molar-refractivity contribution in [3.8, 4) is 0 Å². The SMILES string of the molecule is CCCC1(C(=O)O)CCCN1CC(=O)NC(=O)OCC. The lowest BCUT2D eigenvalue weighted by Gasteiger charge is -2.33. The fourth-order valence-electron chi connectivity index (χ4n) is 2.70. The van der Waals surface area contributed by atoms with Gasteiger partial charge in [-0.25, -0.2) is 4.79 Å². The van der Waals surface area contributed by atoms with Crippen LogP contribution in [-0.2, 0) is 14.3 Å². The fraction of sp³-hybridized carbons (Fsp3) is 0.769. The van der Waals surface area contributed by atoms with Gasteiger partial charge in [-0.1, -0.05) is 13.3 Å². The molecule has 0 saturated carbocycles. The lowest BCUT2D eigenvalue weighted by molar-refractivity contribution is -0.150. The lowest BCUT2D eigenvalue weighted by Crippen LogP contribution is -2.53. The van der Waals surface area contributed by atoms with Gasteiger partial charge < -0.3 is 9.84 Å². The standard InChI is InChI=1S/C13H22N2O5/c1-3-6-13(11(17)18)7-5-8-15(13)9-10(16)14-12(19)20-4-2/h3-9H2,1-2H3,(H,17,18)(H,14,16,19). The monoisotopic (exact) mass is 286 g/mol. The van der Waals surface area contributed by atoms with Gasteiger partial charge in [-0.05, 0) is 32.7 Å². The van der Waals surface area contributed by atoms with Gasteiger partial charge in [0.2, 0.25) is 5.91 Å². The molecule has 1 atom stereocenters. The molecule has 0 spiro atoms. The molecular weight excluding hydrogens is 264 g/mol. The van der Waals surface area contributed by atoms with Crippen molar-refractivity contribution in [1.82, 2.24) is 10.2 Å². The fourth-order valence-corrected chi connectivity index (χ4v) is 2.70. The number of carboxylic acids is 1. The zero-order chi connectivity index (χ0) is 15.2. The molecule has 1 rings (SSSR count). The molecule has 0 bridgehead atoms. The highest BCUT2D eigenvalue weighted by atomic mass is 16.5. The van der Waals surface area contributed by atoms with Crippen molar-refractivity contribution in [2.45, 2.75) is 45.1 Å². The third-order valence-corrected chi connectivity index (χ3v) is 3.54. The second kappa shape index (κ2) is 7.23. The Morgan fingerprint density at radius 1 is 1.35 bits per heavy atom. The number of nitrogens with zero attached hydrogens (tertiary/aromatic N) is 1. The molecule has 0 radical (unpaired) electrons. The molecule has 2 N–H and O–H groups in total. The molecule has 0 aliphatic carbocycles. The molecule has 7 heteroatoms. The van der Waals surface area contributed by atoms with Gasteiger partial charge in [0.05, 0.1) is 13.2 Å². The van der Waals surface area contributed by atoms with E-state index >= 15 is 0 Å². The molecule has 2 amide bonds. The van der Waals surface area contributed by atoms with Crippen LogP contribution < -0.4 is 5.32 Å². The molecule has 0 aromatic heterocycles. The Morgan fingerprint density at radius 3 is 2.60 bits per heavy atom. The molecule has 114 valence electrons. The van der Waals surface area contributed by atoms with Crippen LogP contribution in [0.1, 0.15) is 39.5 Å². The first-order valence-electron chi connectivity index (χ1n) is 6.91. The molecule has 0 aromatic rings. The predicted octanol–water partition coefficient (Wildman–Crippen LogP) is 0.978. The van der Waals surface area contributed by atoms with E-state index in [1.807, 2.05) is 6.92 Å². The lowest BCUT2D eigenvalue weighted by atomic mass is 9.90. The van der Waals surface area contributed by atoms with Gasteiger partial charge in [0.15, 0.2) is 0 Å². The van der Waals surface area contributed by atoms with Gasteiger partial charge in [-0.2, -0.15) is 0 Å². The number of hydrogen-bond donors (Lipinski definition) is 2. The number of aliphatic carboxylic acids is 1. The molecule has 20 heavy (non-hydrogen) atoms. The van der Waals surface area contributed by atoms with Crippen LogP contribution in [0.2, 0.25) is 0 Å². The van der Waals surface area contributed by atoms with Crippen LogP contribution >= 0.6 is 0 Å². The molecule has 1 aliphatic heterocycles. The van der Waals surface area contributed by atoms with Crippen molar-refractivity contribution in [2.75, 3.05) is 19.7 Å². The van der Waals surface area contributed by atoms with Gasteiger partial charge in [-0.3, -0.25) is 19.8 Å². The summed E-state index contributed by atoms with van der Waals surface area (Å²) in [5.41, 5.74) is -0.985. The summed E-state index contributed by atoms with van der Waals surface area (Å²) >= 11 is 0. The van der Waals surface area contributed by atoms with Gasteiger partial charge in [0.1, 0.15) is 5.54 Å². The Morgan fingerprint density at radius 2 is 2.05 bits per heavy atom. The largest absolute Gasteiger partial charge is 0.480 e. The number of imide groups is 1. The number of hydrogen-bond acceptors (Lipinski definition) is 5. The maximum atomic E-state index is 11.8. The van der Waals surface area contributed by atoms with Gasteiger partial charge in [-0.15, -0.1) is 0 Å². The first-order valence-corrected chi connectivity index (χ1v) is 6.91. The zero-order valence-corrected chi connectivity index (χ0v) is 12.0. The average molecular weight is 286 g/mol. The zero-order valence-electron chi connectivity index (χ0n) is 12.0. The van der Waals surface area contributed by atoms with E-state index in [2.05, 4.69) is 10.1 Å². The maximum absolute atomic E-state index is 11.8. The summed E-state index contributed by atoms with van der Waals surface area (Å²) in [6, 6.07) is 0. The molecule has 7 nitrogen and oxygen atoms in total. The summed E-state index contributed by atoms with van der Waals surface area (Å²) in [5.74, 6) is -1.44. The van der Waals surface area contributed by atoms with Crippen LogP contribution in [0.3, 0.4) is 0 Å². The number of carbonyl (C=O) groups excluding carboxylic acids is 2. The van der Waals surface area contributed by atoms with Crippen LogP contribution in [0.4, 0.5) is 4.79 Å². The smallest absolute Gasteiger partial charge is 0.413 e. The molecular formula is C13H22N2O5. The first-order chi connectivity index (χ1) is 9.46. The molecule has 1 unspecified atom stereocenters. The molecule has 1 fully saturated rings. The van der Waals surface area contributed by atoms with Gasteiger partial charge in [0.25, 0.3) is 0 Å². The number of carboxylic acid groups (broad SMARTS) is 1. The number of likely N-dealkylation sites (tertiary alicyclic amines) is 1. The molecule has 1 heterocycles. The predicted molar refractivity (Wildman–Crippen MR) is 71.2 cm³/mol. The quantitative estimate of drug-likeness (QED) is 0.755. The number of alkyl carbamates (subject to hydrolysis) is 1. The van der Waals surface area contributed by atoms with Crippen LogP contribution in [0.25, 0.3) is 0 Å². The normalized spacial score (nSPS) is 22.5. The highest BCUT2D eigenvalue weighted by Gasteiger charge is 2.47. The molecule has 1 aliphatic rings. The third-order valence-electron chi connectivity index (χ3n) is 3.54. The Hall–Kier alpha value is -1.63. The number of nitrogens with one attached hydrogen (secondary N) is 1. The van der Waals surface area contributed by atoms with Gasteiger partial charge in [0, 0.05) is 0 Å². The van der Waals surface area contributed by atoms with Crippen molar-refractivity contribution in [1.29, 1.82) is 0 Å². The Balaban J connectivity index is 2.67. The van der Waals surface area contributed by atoms with E-state index in [0.717, 1.165) is 12.8 Å². The number of carbonyl (C=O) groups is 3. The van der Waals surface area contributed by atoms with Crippen LogP contribution in [-0.4, -0.2) is 53.2 Å². The Labute approximate surface area is 118 Å². The van der Waals surface area contributed by atoms with Crippen LogP contribution in [0.5, 0.6) is 0 Å². The number of ether oxygens (including phenoxy) is 1. The van der Waals surface area contributed by atoms with Crippen molar-refractivity contribution in [3.05, 3.63) is 0 Å². The third kappa shape index (κ3) is 3.69. The van der Waals surface area contributed by atoms with E-state index in [1.165, 1.54) is 0 Å². The average Bonchev–Trinajstić information content (AvgIpc) is 2.74. The van der Waals surface area contributed by atoms with Crippen molar-refractivity contribution < 1.29 is 24.2 Å². The first kappa shape index (κ1) is 16.4. The summed E-state index contributed by atoms with van der Waals surface area (Å²) in [7, 11) is 0. The van der Waals surface area contributed by atoms with E-state index in [1.54, 1.807) is 11.8 Å². The summed E-state index contributed by atoms with van der Waals surface area (Å²) in [6.07, 6.45) is 1.69. The Kier molecular flexibility index (Phi) is 5.94. The van der Waals surface area contributed by atoms with E-state index in [0.29, 0.717) is 19.4 Å². The van der Waals surface area contributed by atoms with E-state index < -0.39 is 23.5 Å². The summed E-state index contributed by atoms with van der Waals surface area (Å²) in [6.45, 7) is 4.17. The minimum Gasteiger partial charge on any atom is -0.480 e. The van der Waals surface area contributed by atoms with E-state index in [4.69, 9.17) is 0 Å². The van der Waals surface area contributed by atoms with Crippen molar-refractivity contribution >= 4 is 18.0 Å². The van der Waals surface area contributed by atoms with Crippen molar-refractivity contribution in [3.63, 3.8) is 0 Å². The highest BCUT2D eigenvalue weighted by molar-refractivity contribution is 5.93. The summed E-state index contributed by atoms with van der Waals surface area (Å²) in [5, 5.41) is 11.6. The summed E-state index contributed by atoms with van der Waals surface area (Å²) < 4.78 is 4.62. The topological polar surface area (TPSA) is 95.9 Å². The second-order valence-electron chi connectivity index (χ2n) is 4.88. The molecule has 1 saturated heterocycles. The molecule has 0 aromatic carbocycles. The Bertz CT molecular complexity index is 385. The van der Waals surface area contributed by atoms with Crippen molar-refractivity contribution in [2.24, 2.45) is 0 Å². The second-order valence-corrected chi connectivity index (χ2v) is 4.88. The maximum Gasteiger partial charge on any atom is 0.413 e. The van der Waals surface area contributed by atoms with Crippen LogP contribution in [0, 0.1) is 0 Å². The minimum absolute atomic E-state index is 0.106. The van der Waals surface area contributed by atoms with Crippen LogP contribution in [0.15, 0.2) is 0 Å². The number of rotatable bonds is 6.